The number of aryl methyl sites for hydroxylation is 3. The predicted molar refractivity (Wildman–Crippen MR) is 117 cm³/mol. The van der Waals surface area contributed by atoms with Crippen LogP contribution in [0.25, 0.3) is 5.82 Å². The van der Waals surface area contributed by atoms with Crippen molar-refractivity contribution in [3.8, 4) is 11.6 Å². The van der Waals surface area contributed by atoms with E-state index in [4.69, 9.17) is 9.84 Å². The summed E-state index contributed by atoms with van der Waals surface area (Å²) in [6, 6.07) is 7.73. The van der Waals surface area contributed by atoms with Gasteiger partial charge in [-0.2, -0.15) is 18.3 Å². The average molecular weight is 461 g/mol. The lowest BCUT2D eigenvalue weighted by molar-refractivity contribution is -0.138. The zero-order chi connectivity index (χ0) is 24.0. The topological polar surface area (TPSA) is 77.2 Å². The van der Waals surface area contributed by atoms with Gasteiger partial charge >= 0.3 is 12.1 Å². The highest BCUT2D eigenvalue weighted by Crippen LogP contribution is 2.29. The van der Waals surface area contributed by atoms with Crippen LogP contribution in [0.15, 0.2) is 42.7 Å². The molecule has 0 fully saturated rings. The van der Waals surface area contributed by atoms with Crippen molar-refractivity contribution < 1.29 is 27.8 Å². The molecule has 0 spiro atoms. The van der Waals surface area contributed by atoms with Gasteiger partial charge in [0.2, 0.25) is 0 Å². The van der Waals surface area contributed by atoms with Gasteiger partial charge in [0.15, 0.2) is 5.82 Å². The summed E-state index contributed by atoms with van der Waals surface area (Å²) in [7, 11) is 0. The standard InChI is InChI=1S/C24H26F3N3O3/c1-3-6-20-18(15-30(29-20)21-11-10-19(14-28-21)24(25,26)27)9-5-12-33-23-16(2)7-4-8-17(23)13-22(31)32/h4,7-8,10-11,14-15H,3,5-6,9,12-13H2,1-2H3,(H,31,32). The van der Waals surface area contributed by atoms with E-state index < -0.39 is 17.7 Å². The average Bonchev–Trinajstić information content (AvgIpc) is 3.15. The molecule has 1 N–H and O–H groups in total. The fraction of sp³-hybridized carbons (Fsp3) is 0.375. The normalized spacial score (nSPS) is 11.5. The first kappa shape index (κ1) is 24.3. The number of para-hydroxylation sites is 1. The number of hydrogen-bond donors (Lipinski definition) is 1. The van der Waals surface area contributed by atoms with Gasteiger partial charge < -0.3 is 9.84 Å². The lowest BCUT2D eigenvalue weighted by Crippen LogP contribution is -2.07. The zero-order valence-corrected chi connectivity index (χ0v) is 18.5. The lowest BCUT2D eigenvalue weighted by atomic mass is 10.1. The number of pyridine rings is 1. The van der Waals surface area contributed by atoms with Crippen molar-refractivity contribution in [3.05, 3.63) is 70.7 Å². The fourth-order valence-corrected chi connectivity index (χ4v) is 3.57. The van der Waals surface area contributed by atoms with Crippen LogP contribution in [0.2, 0.25) is 0 Å². The molecule has 0 unspecified atom stereocenters. The van der Waals surface area contributed by atoms with Gasteiger partial charge in [0.05, 0.1) is 24.3 Å². The molecule has 0 aliphatic carbocycles. The third-order valence-electron chi connectivity index (χ3n) is 5.15. The molecule has 0 saturated carbocycles. The van der Waals surface area contributed by atoms with Crippen molar-refractivity contribution >= 4 is 5.97 Å². The molecule has 0 atom stereocenters. The van der Waals surface area contributed by atoms with E-state index in [1.54, 1.807) is 18.3 Å². The maximum absolute atomic E-state index is 12.8. The number of hydrogen-bond acceptors (Lipinski definition) is 4. The Bertz CT molecular complexity index is 1090. The molecule has 0 amide bonds. The van der Waals surface area contributed by atoms with Crippen molar-refractivity contribution in [2.24, 2.45) is 0 Å². The first-order valence-electron chi connectivity index (χ1n) is 10.7. The van der Waals surface area contributed by atoms with E-state index in [1.165, 1.54) is 10.7 Å². The summed E-state index contributed by atoms with van der Waals surface area (Å²) in [5.41, 5.74) is 2.57. The summed E-state index contributed by atoms with van der Waals surface area (Å²) in [5.74, 6) is -0.00152. The third-order valence-corrected chi connectivity index (χ3v) is 5.15. The Morgan fingerprint density at radius 3 is 2.58 bits per heavy atom. The maximum atomic E-state index is 12.8. The van der Waals surface area contributed by atoms with E-state index in [-0.39, 0.29) is 6.42 Å². The Hall–Kier alpha value is -3.36. The van der Waals surface area contributed by atoms with E-state index in [0.29, 0.717) is 36.6 Å². The molecule has 0 aliphatic heterocycles. The van der Waals surface area contributed by atoms with E-state index in [1.807, 2.05) is 19.9 Å². The van der Waals surface area contributed by atoms with Gasteiger partial charge in [-0.25, -0.2) is 9.67 Å². The summed E-state index contributed by atoms with van der Waals surface area (Å²) in [4.78, 5) is 15.0. The zero-order valence-electron chi connectivity index (χ0n) is 18.5. The molecule has 3 rings (SSSR count). The summed E-state index contributed by atoms with van der Waals surface area (Å²) in [6.07, 6.45) is 1.01. The smallest absolute Gasteiger partial charge is 0.417 e. The van der Waals surface area contributed by atoms with Crippen LogP contribution >= 0.6 is 0 Å². The summed E-state index contributed by atoms with van der Waals surface area (Å²) < 4.78 is 45.8. The quantitative estimate of drug-likeness (QED) is 0.421. The molecule has 0 aliphatic rings. The molecule has 0 radical (unpaired) electrons. The molecule has 3 aromatic rings. The maximum Gasteiger partial charge on any atom is 0.417 e. The number of halogens is 3. The molecule has 33 heavy (non-hydrogen) atoms. The molecule has 1 aromatic carbocycles. The number of aromatic nitrogens is 3. The molecule has 176 valence electrons. The number of benzene rings is 1. The fourth-order valence-electron chi connectivity index (χ4n) is 3.57. The molecular formula is C24H26F3N3O3. The second-order valence-electron chi connectivity index (χ2n) is 7.78. The predicted octanol–water partition coefficient (Wildman–Crippen LogP) is 5.19. The van der Waals surface area contributed by atoms with Crippen LogP contribution in [0, 0.1) is 6.92 Å². The van der Waals surface area contributed by atoms with Gasteiger partial charge in [-0.15, -0.1) is 0 Å². The van der Waals surface area contributed by atoms with Crippen LogP contribution in [-0.2, 0) is 30.2 Å². The largest absolute Gasteiger partial charge is 0.493 e. The minimum atomic E-state index is -4.43. The molecule has 0 saturated heterocycles. The number of aliphatic carboxylic acids is 1. The number of carboxylic acids is 1. The molecule has 9 heteroatoms. The number of carbonyl (C=O) groups is 1. The number of alkyl halides is 3. The number of rotatable bonds is 10. The molecular weight excluding hydrogens is 435 g/mol. The molecule has 2 aromatic heterocycles. The van der Waals surface area contributed by atoms with E-state index >= 15 is 0 Å². The first-order valence-corrected chi connectivity index (χ1v) is 10.7. The minimum absolute atomic E-state index is 0.107. The Kier molecular flexibility index (Phi) is 7.73. The van der Waals surface area contributed by atoms with Crippen molar-refractivity contribution in [3.63, 3.8) is 0 Å². The monoisotopic (exact) mass is 461 g/mol. The van der Waals surface area contributed by atoms with Gasteiger partial charge in [-0.3, -0.25) is 4.79 Å². The Balaban J connectivity index is 1.68. The van der Waals surface area contributed by atoms with Crippen LogP contribution in [0.5, 0.6) is 5.75 Å². The Labute approximate surface area is 190 Å². The van der Waals surface area contributed by atoms with E-state index in [2.05, 4.69) is 10.1 Å². The SMILES string of the molecule is CCCc1nn(-c2ccc(C(F)(F)F)cn2)cc1CCCOc1c(C)cccc1CC(=O)O. The second-order valence-corrected chi connectivity index (χ2v) is 7.78. The van der Waals surface area contributed by atoms with Crippen molar-refractivity contribution in [2.75, 3.05) is 6.61 Å². The highest BCUT2D eigenvalue weighted by Gasteiger charge is 2.30. The van der Waals surface area contributed by atoms with Gasteiger partial charge in [0.1, 0.15) is 5.75 Å². The van der Waals surface area contributed by atoms with Crippen LogP contribution < -0.4 is 4.74 Å². The van der Waals surface area contributed by atoms with Crippen LogP contribution in [-0.4, -0.2) is 32.4 Å². The number of carboxylic acid groups (broad SMARTS) is 1. The number of nitrogens with zero attached hydrogens (tertiary/aromatic N) is 3. The summed E-state index contributed by atoms with van der Waals surface area (Å²) in [5, 5.41) is 13.6. The van der Waals surface area contributed by atoms with Crippen LogP contribution in [0.4, 0.5) is 13.2 Å². The second kappa shape index (κ2) is 10.5. The van der Waals surface area contributed by atoms with Crippen LogP contribution in [0.3, 0.4) is 0 Å². The van der Waals surface area contributed by atoms with Crippen molar-refractivity contribution in [2.45, 2.75) is 52.1 Å². The number of ether oxygens (including phenoxy) is 1. The van der Waals surface area contributed by atoms with Gasteiger partial charge in [0, 0.05) is 18.0 Å². The highest BCUT2D eigenvalue weighted by atomic mass is 19.4. The molecule has 0 bridgehead atoms. The van der Waals surface area contributed by atoms with Gasteiger partial charge in [-0.05, 0) is 49.4 Å². The van der Waals surface area contributed by atoms with Crippen molar-refractivity contribution in [1.82, 2.24) is 14.8 Å². The summed E-state index contributed by atoms with van der Waals surface area (Å²) >= 11 is 0. The van der Waals surface area contributed by atoms with Crippen molar-refractivity contribution in [1.29, 1.82) is 0 Å². The van der Waals surface area contributed by atoms with Gasteiger partial charge in [-0.1, -0.05) is 31.5 Å². The lowest BCUT2D eigenvalue weighted by Gasteiger charge is -2.13. The highest BCUT2D eigenvalue weighted by molar-refractivity contribution is 5.71. The minimum Gasteiger partial charge on any atom is -0.493 e. The first-order chi connectivity index (χ1) is 15.7. The summed E-state index contributed by atoms with van der Waals surface area (Å²) in [6.45, 7) is 4.30. The third kappa shape index (κ3) is 6.34. The Morgan fingerprint density at radius 1 is 1.15 bits per heavy atom. The van der Waals surface area contributed by atoms with E-state index in [9.17, 15) is 18.0 Å². The Morgan fingerprint density at radius 2 is 1.94 bits per heavy atom. The van der Waals surface area contributed by atoms with Crippen LogP contribution in [0.1, 0.15) is 47.7 Å². The molecule has 6 nitrogen and oxygen atoms in total. The van der Waals surface area contributed by atoms with E-state index in [0.717, 1.165) is 41.9 Å². The van der Waals surface area contributed by atoms with Gasteiger partial charge in [0.25, 0.3) is 0 Å². The molecule has 2 heterocycles.